The summed E-state index contributed by atoms with van der Waals surface area (Å²) < 4.78 is 104. The molecule has 0 radical (unpaired) electrons. The Kier molecular flexibility index (Phi) is 39.3. The van der Waals surface area contributed by atoms with Gasteiger partial charge in [-0.3, -0.25) is 9.59 Å². The third kappa shape index (κ3) is 25.5. The van der Waals surface area contributed by atoms with Crippen LogP contribution in [0.4, 0.5) is 4.79 Å². The quantitative estimate of drug-likeness (QED) is 0.0199. The predicted octanol–water partition coefficient (Wildman–Crippen LogP) is -13.4. The van der Waals surface area contributed by atoms with Gasteiger partial charge in [0.25, 0.3) is 0 Å². The Hall–Kier alpha value is -2.92. The Bertz CT molecular complexity index is 2610. The van der Waals surface area contributed by atoms with Gasteiger partial charge >= 0.3 is 6.03 Å². The molecule has 0 saturated carbocycles. The summed E-state index contributed by atoms with van der Waals surface area (Å²) in [6.45, 7) is -0.223. The summed E-state index contributed by atoms with van der Waals surface area (Å²) in [5, 5.41) is 152. The third-order valence-electron chi connectivity index (χ3n) is 19.8. The van der Waals surface area contributed by atoms with Crippen molar-refractivity contribution in [2.45, 2.75) is 240 Å². The fourth-order valence-electron chi connectivity index (χ4n) is 13.5. The molecule has 8 rings (SSSR count). The number of fused-ring (bicyclic) bond motifs is 1. The molecule has 8 saturated heterocycles. The number of hydrogen-bond acceptors (Lipinski definition) is 41. The molecule has 8 aliphatic heterocycles. The van der Waals surface area contributed by atoms with Gasteiger partial charge in [0.1, 0.15) is 110 Å². The van der Waals surface area contributed by atoms with Gasteiger partial charge < -0.3 is 207 Å². The molecule has 0 spiro atoms. The molecule has 0 aliphatic carbocycles. The summed E-state index contributed by atoms with van der Waals surface area (Å²) in [4.78, 5) is 36.1. The van der Waals surface area contributed by atoms with Crippen LogP contribution in [0, 0.1) is 0 Å². The lowest BCUT2D eigenvalue weighted by Crippen LogP contribution is -2.71. The Morgan fingerprint density at radius 3 is 1.11 bits per heavy atom. The molecule has 0 aromatic rings. The smallest absolute Gasteiger partial charge is 0.315 e. The molecule has 0 aromatic heterocycles. The number of carbonyl (C=O) groups excluding carboxylic acids is 3. The van der Waals surface area contributed by atoms with Crippen molar-refractivity contribution in [1.29, 1.82) is 0 Å². The number of aliphatic hydroxyl groups excluding tert-OH is 13. The molecule has 4 amide bonds. The van der Waals surface area contributed by atoms with Gasteiger partial charge in [0.15, 0.2) is 37.7 Å². The van der Waals surface area contributed by atoms with E-state index in [1.165, 1.54) is 0 Å². The fraction of sp³-hybridized carbons (Fsp3) is 0.953. The summed E-state index contributed by atoms with van der Waals surface area (Å²) in [7, 11) is 0. The maximum atomic E-state index is 12.5. The fourth-order valence-corrected chi connectivity index (χ4v) is 15.0. The first kappa shape index (κ1) is 91.6. The van der Waals surface area contributed by atoms with E-state index in [1.54, 1.807) is 0 Å². The van der Waals surface area contributed by atoms with E-state index in [2.05, 4.69) is 21.3 Å². The third-order valence-corrected chi connectivity index (χ3v) is 21.3. The first-order valence-electron chi connectivity index (χ1n) is 36.9. The van der Waals surface area contributed by atoms with E-state index in [9.17, 15) is 80.8 Å². The molecule has 33 atom stereocenters. The van der Waals surface area contributed by atoms with Gasteiger partial charge in [0, 0.05) is 36.9 Å². The predicted molar refractivity (Wildman–Crippen MR) is 369 cm³/mol. The highest BCUT2D eigenvalue weighted by atomic mass is 32.2. The zero-order valence-electron chi connectivity index (χ0n) is 60.6. The van der Waals surface area contributed by atoms with E-state index in [1.807, 2.05) is 11.8 Å². The van der Waals surface area contributed by atoms with Crippen LogP contribution in [-0.4, -0.2) is 430 Å². The minimum absolute atomic E-state index is 0.00135. The molecule has 0 aromatic carbocycles. The Labute approximate surface area is 633 Å². The van der Waals surface area contributed by atoms with E-state index in [-0.39, 0.29) is 62.7 Å². The number of nitrogens with two attached hydrogens (primary N) is 6. The lowest BCUT2D eigenvalue weighted by Gasteiger charge is -2.50. The molecule has 8 aliphatic rings. The number of unbranched alkanes of at least 4 members (excludes halogenated alkanes) is 1. The summed E-state index contributed by atoms with van der Waals surface area (Å²) >= 11 is 1.87. The Morgan fingerprint density at radius 1 is 0.385 bits per heavy atom. The lowest BCUT2D eigenvalue weighted by atomic mass is 9.93. The maximum Gasteiger partial charge on any atom is 0.315 e. The summed E-state index contributed by atoms with van der Waals surface area (Å²) in [6.07, 6.45) is -34.3. The van der Waals surface area contributed by atoms with Crippen molar-refractivity contribution < 1.29 is 166 Å². The van der Waals surface area contributed by atoms with Crippen molar-refractivity contribution in [3.05, 3.63) is 0 Å². The van der Waals surface area contributed by atoms with Gasteiger partial charge in [-0.15, -0.1) is 0 Å². The summed E-state index contributed by atoms with van der Waals surface area (Å²) in [5.74, 6) is 0.643. The van der Waals surface area contributed by atoms with Crippen LogP contribution in [-0.2, 0) is 94.9 Å². The molecule has 0 unspecified atom stereocenters. The molecule has 8 fully saturated rings. The zero-order chi connectivity index (χ0) is 78.8. The molecule has 45 heteroatoms. The van der Waals surface area contributed by atoms with E-state index in [4.69, 9.17) is 120 Å². The topological polar surface area (TPSA) is 685 Å². The lowest BCUT2D eigenvalue weighted by molar-refractivity contribution is -0.367. The van der Waals surface area contributed by atoms with E-state index < -0.39 is 224 Å². The number of urea groups is 1. The second kappa shape index (κ2) is 46.7. The van der Waals surface area contributed by atoms with E-state index in [0.29, 0.717) is 90.7 Å². The van der Waals surface area contributed by atoms with Gasteiger partial charge in [0.2, 0.25) is 11.8 Å². The van der Waals surface area contributed by atoms with Crippen LogP contribution in [0.25, 0.3) is 0 Å². The van der Waals surface area contributed by atoms with Crippen LogP contribution in [0.15, 0.2) is 0 Å². The van der Waals surface area contributed by atoms with Crippen LogP contribution in [0.5, 0.6) is 0 Å². The van der Waals surface area contributed by atoms with Crippen LogP contribution in [0.2, 0.25) is 0 Å². The molecule has 8 heterocycles. The van der Waals surface area contributed by atoms with Crippen molar-refractivity contribution in [2.75, 3.05) is 144 Å². The van der Waals surface area contributed by atoms with Gasteiger partial charge in [0.05, 0.1) is 174 Å². The largest absolute Gasteiger partial charge is 0.394 e. The summed E-state index contributed by atoms with van der Waals surface area (Å²) in [5.41, 5.74) is 37.9. The second-order valence-corrected chi connectivity index (χ2v) is 28.7. The Balaban J connectivity index is 0.641. The number of aliphatic hydroxyl groups is 13. The number of nitrogens with one attached hydrogen (secondary N) is 4. The van der Waals surface area contributed by atoms with Crippen LogP contribution in [0.1, 0.15) is 38.5 Å². The molecule has 44 nitrogen and oxygen atoms in total. The van der Waals surface area contributed by atoms with E-state index in [0.717, 1.165) is 25.0 Å². The highest BCUT2D eigenvalue weighted by Crippen LogP contribution is 2.37. The number of hydrogen-bond donors (Lipinski definition) is 23. The van der Waals surface area contributed by atoms with Crippen molar-refractivity contribution in [2.24, 2.45) is 34.4 Å². The number of rotatable bonds is 47. The van der Waals surface area contributed by atoms with Crippen molar-refractivity contribution in [3.63, 3.8) is 0 Å². The SMILES string of the molecule is N[C@H]1[C@@H](O[C@@H]2[C@H](O)[C@@H](N)[C@@H](O[C@@H]3[C@H](O)[C@@H](N)[C@@H](O[C@@H]4[C@H](O)[C@@H](N)[C@@H](O[C@@H]5[C@H](O)[C@@H](N)[C@@H](O[C@@H]6[C@H](O)[C@@H](N)[C@@H](OCCCNC(=O)CCOCCOCCOCCOCCOCCOCCNC(=O)CCCC[C@@H]7SC[C@@H]8NC(=O)N[C@@H]87)O[C@@H]6CO)O[C@@H]5CO)O[C@@H]4CO)O[C@@H]3CO)O[C@@H]2CO)O[C@H](CO)[C@H](O)[C@@H]1O. The first-order chi connectivity index (χ1) is 52.5. The van der Waals surface area contributed by atoms with Crippen molar-refractivity contribution >= 4 is 29.6 Å². The highest BCUT2D eigenvalue weighted by molar-refractivity contribution is 8.00. The minimum Gasteiger partial charge on any atom is -0.394 e. The molecule has 0 bridgehead atoms. The van der Waals surface area contributed by atoms with Crippen LogP contribution >= 0.6 is 11.8 Å². The normalized spacial score (nSPS) is 40.4. The number of carbonyl (C=O) groups is 3. The number of ether oxygens (including phenoxy) is 18. The maximum absolute atomic E-state index is 12.5. The zero-order valence-corrected chi connectivity index (χ0v) is 61.4. The second-order valence-electron chi connectivity index (χ2n) is 27.5. The molecule has 109 heavy (non-hydrogen) atoms. The Morgan fingerprint density at radius 2 is 0.716 bits per heavy atom. The van der Waals surface area contributed by atoms with E-state index >= 15 is 0 Å². The van der Waals surface area contributed by atoms with Crippen LogP contribution < -0.4 is 55.7 Å². The molecule has 634 valence electrons. The first-order valence-corrected chi connectivity index (χ1v) is 38.0. The molecule has 29 N–H and O–H groups in total. The standard InChI is InChI=1S/C64H118N10O34S/c65-39-47(84)46(83)30(22-75)98-59(39)104-54-32(24-77)100-61(41(67)49(54)86)106-56-34(26-79)102-63(43(69)51(56)88)108-57-35(27-80)103-62(44(70)52(57)89)107-55-33(25-78)101-60(42(68)50(55)87)105-53-31(23-76)99-58(40(66)48(53)85)97-9-3-7-71-38(82)6-10-91-12-14-93-16-18-95-20-21-96-19-17-94-15-13-92-11-8-72-37(81)5-2-1-4-36-45-29(28-109-36)73-64(90)74-45/h29-36,39-63,75-80,83-89H,1-28,65-70H2,(H,71,82)(H,72,81)(H2,73,74,90)/t29-,30+,31+,32+,33+,34+,35+,36-,39+,40+,41+,42+,43+,44+,45-,46-,47+,48+,49+,50+,51+,52+,53-,54-,55-,56-,57-,58-,59+,60+,61+,62+,63+/m0/s1. The van der Waals surface area contributed by atoms with Crippen LogP contribution in [0.3, 0.4) is 0 Å². The highest BCUT2D eigenvalue weighted by Gasteiger charge is 2.57. The average molecular weight is 1600 g/mol. The van der Waals surface area contributed by atoms with Crippen molar-refractivity contribution in [3.8, 4) is 0 Å². The van der Waals surface area contributed by atoms with Gasteiger partial charge in [-0.1, -0.05) is 6.42 Å². The summed E-state index contributed by atoms with van der Waals surface area (Å²) in [6, 6.07) is -8.62. The monoisotopic (exact) mass is 1600 g/mol. The van der Waals surface area contributed by atoms with Crippen molar-refractivity contribution in [1.82, 2.24) is 21.3 Å². The number of amides is 4. The van der Waals surface area contributed by atoms with Gasteiger partial charge in [-0.05, 0) is 19.3 Å². The molecular formula is C64H118N10O34S. The number of thioether (sulfide) groups is 1. The molecular weight excluding hydrogens is 1480 g/mol. The van der Waals surface area contributed by atoms with Gasteiger partial charge in [-0.2, -0.15) is 11.8 Å². The van der Waals surface area contributed by atoms with Gasteiger partial charge in [-0.25, -0.2) is 4.79 Å². The minimum atomic E-state index is -1.82. The average Bonchev–Trinajstić information content (AvgIpc) is 1.23.